The van der Waals surface area contributed by atoms with Crippen LogP contribution in [-0.2, 0) is 11.2 Å². The summed E-state index contributed by atoms with van der Waals surface area (Å²) in [5.41, 5.74) is 4.87. The van der Waals surface area contributed by atoms with E-state index in [1.807, 2.05) is 67.2 Å². The molecular formula is C39H51ClN4O4. The highest BCUT2D eigenvalue weighted by atomic mass is 35.5. The van der Waals surface area contributed by atoms with Gasteiger partial charge in [-0.15, -0.1) is 0 Å². The lowest BCUT2D eigenvalue weighted by atomic mass is 9.85. The van der Waals surface area contributed by atoms with Crippen LogP contribution in [0.5, 0.6) is 11.5 Å². The van der Waals surface area contributed by atoms with E-state index in [1.165, 1.54) is 0 Å². The first-order valence-corrected chi connectivity index (χ1v) is 17.7. The number of anilines is 2. The Labute approximate surface area is 291 Å². The number of carbonyl (C=O) groups excluding carboxylic acids is 2. The maximum absolute atomic E-state index is 14.0. The van der Waals surface area contributed by atoms with E-state index in [0.29, 0.717) is 28.5 Å². The molecule has 1 fully saturated rings. The molecule has 258 valence electrons. The first-order valence-electron chi connectivity index (χ1n) is 17.3. The molecule has 0 spiro atoms. The lowest BCUT2D eigenvalue weighted by Crippen LogP contribution is -2.47. The molecule has 3 aromatic rings. The van der Waals surface area contributed by atoms with Crippen molar-refractivity contribution in [3.8, 4) is 11.5 Å². The molecule has 3 amide bonds. The average molecular weight is 675 g/mol. The second-order valence-electron chi connectivity index (χ2n) is 13.5. The first-order chi connectivity index (χ1) is 23.0. The van der Waals surface area contributed by atoms with Crippen LogP contribution in [0.15, 0.2) is 60.7 Å². The third kappa shape index (κ3) is 7.70. The topological polar surface area (TPSA) is 65.6 Å². The van der Waals surface area contributed by atoms with Crippen molar-refractivity contribution in [3.63, 3.8) is 0 Å². The Morgan fingerprint density at radius 3 is 2.21 bits per heavy atom. The summed E-state index contributed by atoms with van der Waals surface area (Å²) in [5.74, 6) is 1.90. The number of urea groups is 1. The maximum Gasteiger partial charge on any atom is 0.319 e. The molecule has 48 heavy (non-hydrogen) atoms. The average Bonchev–Trinajstić information content (AvgIpc) is 3.09. The van der Waals surface area contributed by atoms with Gasteiger partial charge in [0.05, 0.1) is 25.7 Å². The largest absolute Gasteiger partial charge is 0.493 e. The Hall–Kier alpha value is -3.91. The van der Waals surface area contributed by atoms with Gasteiger partial charge in [-0.2, -0.15) is 0 Å². The van der Waals surface area contributed by atoms with Crippen molar-refractivity contribution in [2.24, 2.45) is 5.92 Å². The molecule has 1 aliphatic carbocycles. The van der Waals surface area contributed by atoms with Crippen molar-refractivity contribution in [1.29, 1.82) is 0 Å². The van der Waals surface area contributed by atoms with Gasteiger partial charge in [-0.1, -0.05) is 30.7 Å². The number of carbonyl (C=O) groups is 2. The number of hydrogen-bond donors (Lipinski definition) is 0. The third-order valence-electron chi connectivity index (χ3n) is 10.0. The number of fused-ring (bicyclic) bond motifs is 1. The first kappa shape index (κ1) is 35.4. The molecule has 0 radical (unpaired) electrons. The number of halogens is 1. The summed E-state index contributed by atoms with van der Waals surface area (Å²) in [6.45, 7) is 7.89. The van der Waals surface area contributed by atoms with Gasteiger partial charge in [0.25, 0.3) is 0 Å². The van der Waals surface area contributed by atoms with Crippen molar-refractivity contribution in [3.05, 3.63) is 82.4 Å². The van der Waals surface area contributed by atoms with Crippen LogP contribution in [0, 0.1) is 5.92 Å². The summed E-state index contributed by atoms with van der Waals surface area (Å²) in [5, 5.41) is 0.647. The Balaban J connectivity index is 1.36. The van der Waals surface area contributed by atoms with Crippen LogP contribution in [0.25, 0.3) is 0 Å². The van der Waals surface area contributed by atoms with E-state index in [2.05, 4.69) is 50.1 Å². The second kappa shape index (κ2) is 15.5. The predicted molar refractivity (Wildman–Crippen MR) is 195 cm³/mol. The zero-order chi connectivity index (χ0) is 34.5. The van der Waals surface area contributed by atoms with E-state index in [0.717, 1.165) is 73.3 Å². The van der Waals surface area contributed by atoms with Crippen LogP contribution < -0.4 is 19.3 Å². The molecule has 8 nitrogen and oxygen atoms in total. The zero-order valence-corrected chi connectivity index (χ0v) is 30.3. The van der Waals surface area contributed by atoms with Gasteiger partial charge in [0.2, 0.25) is 5.91 Å². The van der Waals surface area contributed by atoms with Gasteiger partial charge in [-0.05, 0) is 117 Å². The van der Waals surface area contributed by atoms with Gasteiger partial charge in [-0.25, -0.2) is 4.79 Å². The van der Waals surface area contributed by atoms with Gasteiger partial charge in [0, 0.05) is 56.7 Å². The fourth-order valence-corrected chi connectivity index (χ4v) is 7.31. The van der Waals surface area contributed by atoms with Gasteiger partial charge < -0.3 is 29.1 Å². The fourth-order valence-electron chi connectivity index (χ4n) is 7.18. The van der Waals surface area contributed by atoms with E-state index in [4.69, 9.17) is 21.1 Å². The molecule has 5 rings (SSSR count). The molecule has 1 aliphatic heterocycles. The van der Waals surface area contributed by atoms with E-state index in [9.17, 15) is 9.59 Å². The second-order valence-corrected chi connectivity index (χ2v) is 13.9. The van der Waals surface area contributed by atoms with Crippen LogP contribution in [0.1, 0.15) is 75.6 Å². The highest BCUT2D eigenvalue weighted by Crippen LogP contribution is 2.44. The molecule has 0 bridgehead atoms. The van der Waals surface area contributed by atoms with Crippen LogP contribution in [0.2, 0.25) is 5.02 Å². The Morgan fingerprint density at radius 2 is 1.62 bits per heavy atom. The molecule has 1 saturated carbocycles. The predicted octanol–water partition coefficient (Wildman–Crippen LogP) is 8.20. The molecule has 1 heterocycles. The fraction of sp³-hybridized carbons (Fsp3) is 0.487. The molecule has 2 atom stereocenters. The molecular weight excluding hydrogens is 624 g/mol. The van der Waals surface area contributed by atoms with Crippen molar-refractivity contribution in [2.45, 2.75) is 77.5 Å². The molecule has 3 aromatic carbocycles. The highest BCUT2D eigenvalue weighted by molar-refractivity contribution is 6.30. The summed E-state index contributed by atoms with van der Waals surface area (Å²) in [4.78, 5) is 34.5. The van der Waals surface area contributed by atoms with Crippen LogP contribution >= 0.6 is 11.6 Å². The van der Waals surface area contributed by atoms with E-state index in [1.54, 1.807) is 12.0 Å². The number of nitrogens with zero attached hydrogens (tertiary/aromatic N) is 4. The number of amides is 3. The third-order valence-corrected chi connectivity index (χ3v) is 10.3. The van der Waals surface area contributed by atoms with Crippen molar-refractivity contribution in [2.75, 3.05) is 51.1 Å². The SMILES string of the molecule is CCC(C)Oc1cc2c(cc1OC)CC(=O)N(c1ccc(N(C)CC3CCC(N(CC)C(=O)N(C)C)CC3)cc1)C2c1ccc(Cl)cc1. The minimum absolute atomic E-state index is 0.0186. The maximum atomic E-state index is 14.0. The summed E-state index contributed by atoms with van der Waals surface area (Å²) < 4.78 is 12.0. The number of rotatable bonds is 11. The quantitative estimate of drug-likeness (QED) is 0.205. The Bertz CT molecular complexity index is 1550. The monoisotopic (exact) mass is 674 g/mol. The van der Waals surface area contributed by atoms with Crippen LogP contribution in [-0.4, -0.2) is 75.2 Å². The molecule has 9 heteroatoms. The lowest BCUT2D eigenvalue weighted by Gasteiger charge is -2.39. The Kier molecular flexibility index (Phi) is 11.5. The van der Waals surface area contributed by atoms with Gasteiger partial charge in [0.15, 0.2) is 11.5 Å². The molecule has 2 aliphatic rings. The zero-order valence-electron chi connectivity index (χ0n) is 29.5. The summed E-state index contributed by atoms with van der Waals surface area (Å²) in [6.07, 6.45) is 5.41. The molecule has 0 N–H and O–H groups in total. The van der Waals surface area contributed by atoms with Gasteiger partial charge in [0.1, 0.15) is 0 Å². The summed E-state index contributed by atoms with van der Waals surface area (Å²) in [6, 6.07) is 20.1. The summed E-state index contributed by atoms with van der Waals surface area (Å²) in [7, 11) is 7.43. The van der Waals surface area contributed by atoms with Gasteiger partial charge in [-0.3, -0.25) is 4.79 Å². The number of benzene rings is 3. The number of methoxy groups -OCH3 is 1. The smallest absolute Gasteiger partial charge is 0.319 e. The van der Waals surface area contributed by atoms with Gasteiger partial charge >= 0.3 is 6.03 Å². The number of ether oxygens (including phenoxy) is 2. The van der Waals surface area contributed by atoms with Crippen molar-refractivity contribution >= 4 is 34.9 Å². The molecule has 0 aromatic heterocycles. The molecule has 0 saturated heterocycles. The number of hydrogen-bond acceptors (Lipinski definition) is 5. The lowest BCUT2D eigenvalue weighted by molar-refractivity contribution is -0.118. The van der Waals surface area contributed by atoms with E-state index in [-0.39, 0.29) is 30.5 Å². The van der Waals surface area contributed by atoms with Crippen molar-refractivity contribution in [1.82, 2.24) is 9.80 Å². The highest BCUT2D eigenvalue weighted by Gasteiger charge is 2.36. The van der Waals surface area contributed by atoms with Crippen LogP contribution in [0.4, 0.5) is 16.2 Å². The van der Waals surface area contributed by atoms with E-state index >= 15 is 0 Å². The Morgan fingerprint density at radius 1 is 0.958 bits per heavy atom. The summed E-state index contributed by atoms with van der Waals surface area (Å²) >= 11 is 6.30. The molecule has 2 unspecified atom stereocenters. The van der Waals surface area contributed by atoms with Crippen LogP contribution in [0.3, 0.4) is 0 Å². The minimum atomic E-state index is -0.357. The standard InChI is InChI=1S/C39H51ClN4O4/c1-8-26(3)48-36-24-34-29(22-35(36)47-7)23-37(45)44(38(34)28-12-14-30(40)15-13-28)33-20-18-31(19-21-33)42(6)25-27-10-16-32(17-11-27)43(9-2)39(46)41(4)5/h12-15,18-22,24,26-27,32,38H,8-11,16-17,23,25H2,1-7H3. The normalized spacial score (nSPS) is 19.7. The van der Waals surface area contributed by atoms with Crippen molar-refractivity contribution < 1.29 is 19.1 Å². The minimum Gasteiger partial charge on any atom is -0.493 e. The van der Waals surface area contributed by atoms with E-state index < -0.39 is 0 Å².